The molecule has 106 valence electrons. The van der Waals surface area contributed by atoms with Gasteiger partial charge in [-0.2, -0.15) is 0 Å². The summed E-state index contributed by atoms with van der Waals surface area (Å²) in [6.07, 6.45) is 0. The van der Waals surface area contributed by atoms with Crippen LogP contribution in [-0.4, -0.2) is 43.3 Å². The van der Waals surface area contributed by atoms with Crippen LogP contribution in [0.2, 0.25) is 5.02 Å². The van der Waals surface area contributed by atoms with E-state index in [2.05, 4.69) is 5.32 Å². The lowest BCUT2D eigenvalue weighted by molar-refractivity contribution is 0.0870. The van der Waals surface area contributed by atoms with Crippen LogP contribution in [0.25, 0.3) is 0 Å². The number of halogens is 1. The molecule has 2 N–H and O–H groups in total. The highest BCUT2D eigenvalue weighted by Crippen LogP contribution is 2.17. The van der Waals surface area contributed by atoms with E-state index in [0.717, 1.165) is 5.56 Å². The van der Waals surface area contributed by atoms with Gasteiger partial charge in [0.25, 0.3) is 0 Å². The normalized spacial score (nSPS) is 12.4. The van der Waals surface area contributed by atoms with Gasteiger partial charge in [-0.1, -0.05) is 11.6 Å². The van der Waals surface area contributed by atoms with Crippen molar-refractivity contribution in [2.75, 3.05) is 26.4 Å². The SMILES string of the molecule is Cc1cc(C(=O)C(C)NCCOCCO)ccc1Cl. The predicted octanol–water partition coefficient (Wildman–Crippen LogP) is 1.82. The number of aliphatic hydroxyl groups excluding tert-OH is 1. The van der Waals surface area contributed by atoms with Gasteiger partial charge in [0.05, 0.1) is 25.9 Å². The summed E-state index contributed by atoms with van der Waals surface area (Å²) < 4.78 is 5.11. The fraction of sp³-hybridized carbons (Fsp3) is 0.500. The zero-order valence-electron chi connectivity index (χ0n) is 11.3. The largest absolute Gasteiger partial charge is 0.394 e. The number of Topliss-reactive ketones (excluding diaryl/α,β-unsaturated/α-hetero) is 1. The first-order chi connectivity index (χ1) is 9.06. The number of hydrogen-bond donors (Lipinski definition) is 2. The van der Waals surface area contributed by atoms with Gasteiger partial charge in [0.15, 0.2) is 5.78 Å². The first-order valence-corrected chi connectivity index (χ1v) is 6.66. The summed E-state index contributed by atoms with van der Waals surface area (Å²) in [6, 6.07) is 4.99. The summed E-state index contributed by atoms with van der Waals surface area (Å²) in [5.74, 6) is 0.0296. The number of ether oxygens (including phenoxy) is 1. The van der Waals surface area contributed by atoms with E-state index in [1.165, 1.54) is 0 Å². The lowest BCUT2D eigenvalue weighted by atomic mass is 10.0. The molecule has 4 nitrogen and oxygen atoms in total. The number of aliphatic hydroxyl groups is 1. The van der Waals surface area contributed by atoms with Crippen LogP contribution < -0.4 is 5.32 Å². The third-order valence-electron chi connectivity index (χ3n) is 2.77. The first-order valence-electron chi connectivity index (χ1n) is 6.28. The van der Waals surface area contributed by atoms with Crippen molar-refractivity contribution in [1.29, 1.82) is 0 Å². The summed E-state index contributed by atoms with van der Waals surface area (Å²) >= 11 is 5.93. The third-order valence-corrected chi connectivity index (χ3v) is 3.19. The maximum absolute atomic E-state index is 12.1. The molecule has 0 radical (unpaired) electrons. The summed E-state index contributed by atoms with van der Waals surface area (Å²) in [5.41, 5.74) is 1.55. The molecular formula is C14H20ClNO3. The molecular weight excluding hydrogens is 266 g/mol. The standard InChI is InChI=1S/C14H20ClNO3/c1-10-9-12(3-4-13(10)15)14(18)11(2)16-5-7-19-8-6-17/h3-4,9,11,16-17H,5-8H2,1-2H3. The highest BCUT2D eigenvalue weighted by molar-refractivity contribution is 6.31. The molecule has 0 saturated carbocycles. The predicted molar refractivity (Wildman–Crippen MR) is 75.9 cm³/mol. The summed E-state index contributed by atoms with van der Waals surface area (Å²) in [4.78, 5) is 12.1. The number of aryl methyl sites for hydroxylation is 1. The number of carbonyl (C=O) groups excluding carboxylic acids is 1. The Morgan fingerprint density at radius 2 is 2.21 bits per heavy atom. The van der Waals surface area contributed by atoms with Crippen LogP contribution >= 0.6 is 11.6 Å². The van der Waals surface area contributed by atoms with E-state index in [0.29, 0.717) is 30.3 Å². The van der Waals surface area contributed by atoms with Gasteiger partial charge in [-0.3, -0.25) is 4.79 Å². The zero-order chi connectivity index (χ0) is 14.3. The number of ketones is 1. The van der Waals surface area contributed by atoms with Crippen LogP contribution in [0.15, 0.2) is 18.2 Å². The zero-order valence-corrected chi connectivity index (χ0v) is 12.0. The van der Waals surface area contributed by atoms with Crippen molar-refractivity contribution in [2.45, 2.75) is 19.9 Å². The third kappa shape index (κ3) is 5.28. The lowest BCUT2D eigenvalue weighted by Crippen LogP contribution is -2.36. The van der Waals surface area contributed by atoms with Crippen molar-refractivity contribution in [2.24, 2.45) is 0 Å². The molecule has 1 aromatic carbocycles. The van der Waals surface area contributed by atoms with Crippen molar-refractivity contribution in [1.82, 2.24) is 5.32 Å². The van der Waals surface area contributed by atoms with E-state index in [4.69, 9.17) is 21.4 Å². The quantitative estimate of drug-likeness (QED) is 0.565. The van der Waals surface area contributed by atoms with Gasteiger partial charge < -0.3 is 15.2 Å². The van der Waals surface area contributed by atoms with E-state index in [9.17, 15) is 4.79 Å². The van der Waals surface area contributed by atoms with E-state index in [1.807, 2.05) is 13.8 Å². The highest BCUT2D eigenvalue weighted by atomic mass is 35.5. The van der Waals surface area contributed by atoms with E-state index in [-0.39, 0.29) is 18.4 Å². The molecule has 0 fully saturated rings. The monoisotopic (exact) mass is 285 g/mol. The van der Waals surface area contributed by atoms with Crippen LogP contribution in [0.3, 0.4) is 0 Å². The molecule has 0 aliphatic carbocycles. The minimum Gasteiger partial charge on any atom is -0.394 e. The lowest BCUT2D eigenvalue weighted by Gasteiger charge is -2.13. The Morgan fingerprint density at radius 3 is 2.84 bits per heavy atom. The molecule has 0 aliphatic rings. The number of hydrogen-bond acceptors (Lipinski definition) is 4. The molecule has 0 bridgehead atoms. The van der Waals surface area contributed by atoms with Gasteiger partial charge in [0, 0.05) is 17.1 Å². The van der Waals surface area contributed by atoms with Crippen LogP contribution in [0, 0.1) is 6.92 Å². The van der Waals surface area contributed by atoms with Crippen molar-refractivity contribution >= 4 is 17.4 Å². The van der Waals surface area contributed by atoms with Crippen molar-refractivity contribution in [3.05, 3.63) is 34.3 Å². The van der Waals surface area contributed by atoms with Gasteiger partial charge in [-0.05, 0) is 37.6 Å². The minimum atomic E-state index is -0.279. The molecule has 0 spiro atoms. The molecule has 1 aromatic rings. The Bertz CT molecular complexity index is 423. The second-order valence-corrected chi connectivity index (χ2v) is 4.75. The van der Waals surface area contributed by atoms with Gasteiger partial charge in [0.2, 0.25) is 0 Å². The molecule has 5 heteroatoms. The Kier molecular flexibility index (Phi) is 7.02. The molecule has 0 saturated heterocycles. The average molecular weight is 286 g/mol. The number of benzene rings is 1. The number of carbonyl (C=O) groups is 1. The highest BCUT2D eigenvalue weighted by Gasteiger charge is 2.14. The second kappa shape index (κ2) is 8.27. The van der Waals surface area contributed by atoms with Crippen molar-refractivity contribution in [3.63, 3.8) is 0 Å². The van der Waals surface area contributed by atoms with Gasteiger partial charge in [-0.15, -0.1) is 0 Å². The molecule has 0 heterocycles. The summed E-state index contributed by atoms with van der Waals surface area (Å²) in [7, 11) is 0. The minimum absolute atomic E-state index is 0.0124. The molecule has 0 aliphatic heterocycles. The smallest absolute Gasteiger partial charge is 0.179 e. The average Bonchev–Trinajstić information content (AvgIpc) is 2.40. The van der Waals surface area contributed by atoms with Crippen LogP contribution in [-0.2, 0) is 4.74 Å². The summed E-state index contributed by atoms with van der Waals surface area (Å²) in [6.45, 7) is 5.06. The Morgan fingerprint density at radius 1 is 1.47 bits per heavy atom. The van der Waals surface area contributed by atoms with Gasteiger partial charge >= 0.3 is 0 Å². The van der Waals surface area contributed by atoms with Gasteiger partial charge in [0.1, 0.15) is 0 Å². The Labute approximate surface area is 118 Å². The Hall–Kier alpha value is -0.940. The molecule has 1 rings (SSSR count). The van der Waals surface area contributed by atoms with Crippen LogP contribution in [0.1, 0.15) is 22.8 Å². The molecule has 0 amide bonds. The number of rotatable bonds is 8. The second-order valence-electron chi connectivity index (χ2n) is 4.34. The van der Waals surface area contributed by atoms with E-state index in [1.54, 1.807) is 18.2 Å². The fourth-order valence-corrected chi connectivity index (χ4v) is 1.77. The van der Waals surface area contributed by atoms with E-state index < -0.39 is 0 Å². The first kappa shape index (κ1) is 16.1. The van der Waals surface area contributed by atoms with Gasteiger partial charge in [-0.25, -0.2) is 0 Å². The maximum atomic E-state index is 12.1. The van der Waals surface area contributed by atoms with Crippen molar-refractivity contribution < 1.29 is 14.6 Å². The summed E-state index contributed by atoms with van der Waals surface area (Å²) in [5, 5.41) is 12.3. The fourth-order valence-electron chi connectivity index (χ4n) is 1.65. The topological polar surface area (TPSA) is 58.6 Å². The van der Waals surface area contributed by atoms with Crippen LogP contribution in [0.5, 0.6) is 0 Å². The van der Waals surface area contributed by atoms with Crippen LogP contribution in [0.4, 0.5) is 0 Å². The molecule has 1 atom stereocenters. The molecule has 19 heavy (non-hydrogen) atoms. The van der Waals surface area contributed by atoms with Crippen molar-refractivity contribution in [3.8, 4) is 0 Å². The Balaban J connectivity index is 2.45. The number of nitrogens with one attached hydrogen (secondary N) is 1. The van der Waals surface area contributed by atoms with E-state index >= 15 is 0 Å². The molecule has 0 aromatic heterocycles. The molecule has 1 unspecified atom stereocenters. The maximum Gasteiger partial charge on any atom is 0.179 e.